The Balaban J connectivity index is 2.66. The minimum absolute atomic E-state index is 0.341. The molecule has 0 unspecified atom stereocenters. The van der Waals surface area contributed by atoms with Crippen molar-refractivity contribution in [3.05, 3.63) is 12.4 Å². The maximum Gasteiger partial charge on any atom is 0.347 e. The number of methoxy groups -OCH3 is 1. The summed E-state index contributed by atoms with van der Waals surface area (Å²) in [6.45, 7) is 7.01. The molecule has 1 heterocycles. The van der Waals surface area contributed by atoms with E-state index >= 15 is 0 Å². The van der Waals surface area contributed by atoms with Crippen molar-refractivity contribution in [3.8, 4) is 5.75 Å². The van der Waals surface area contributed by atoms with Gasteiger partial charge in [-0.1, -0.05) is 20.8 Å². The van der Waals surface area contributed by atoms with Crippen molar-refractivity contribution >= 4 is 5.97 Å². The molecule has 0 aliphatic heterocycles. The van der Waals surface area contributed by atoms with Gasteiger partial charge < -0.3 is 9.47 Å². The zero-order chi connectivity index (χ0) is 13.5. The predicted molar refractivity (Wildman–Crippen MR) is 68.4 cm³/mol. The lowest BCUT2D eigenvalue weighted by molar-refractivity contribution is -0.149. The van der Waals surface area contributed by atoms with Gasteiger partial charge in [-0.2, -0.15) is 5.10 Å². The lowest BCUT2D eigenvalue weighted by Crippen LogP contribution is -2.30. The second kappa shape index (κ2) is 7.03. The van der Waals surface area contributed by atoms with Crippen molar-refractivity contribution in [1.82, 2.24) is 9.78 Å². The van der Waals surface area contributed by atoms with Gasteiger partial charge in [0.2, 0.25) is 0 Å². The summed E-state index contributed by atoms with van der Waals surface area (Å²) < 4.78 is 12.2. The van der Waals surface area contributed by atoms with E-state index in [1.54, 1.807) is 17.1 Å². The van der Waals surface area contributed by atoms with Gasteiger partial charge in [-0.3, -0.25) is 4.68 Å². The normalized spacial score (nSPS) is 12.5. The molecule has 0 spiro atoms. The summed E-state index contributed by atoms with van der Waals surface area (Å²) in [5.74, 6) is 0.631. The van der Waals surface area contributed by atoms with E-state index in [0.29, 0.717) is 18.1 Å². The minimum atomic E-state index is -0.561. The average Bonchev–Trinajstić information content (AvgIpc) is 2.75. The second-order valence-corrected chi connectivity index (χ2v) is 4.70. The smallest absolute Gasteiger partial charge is 0.347 e. The van der Waals surface area contributed by atoms with Crippen LogP contribution in [0.25, 0.3) is 0 Å². The highest BCUT2D eigenvalue weighted by Gasteiger charge is 2.22. The molecule has 0 saturated carbocycles. The molecule has 1 aromatic heterocycles. The van der Waals surface area contributed by atoms with Crippen molar-refractivity contribution in [2.75, 3.05) is 7.11 Å². The molecule has 102 valence electrons. The number of rotatable bonds is 7. The summed E-state index contributed by atoms with van der Waals surface area (Å²) in [6, 6.07) is 0. The quantitative estimate of drug-likeness (QED) is 0.700. The van der Waals surface area contributed by atoms with Crippen LogP contribution in [0, 0.1) is 5.92 Å². The van der Waals surface area contributed by atoms with E-state index in [1.807, 2.05) is 13.8 Å². The number of nitrogens with zero attached hydrogens (tertiary/aromatic N) is 2. The van der Waals surface area contributed by atoms with E-state index in [-0.39, 0.29) is 5.97 Å². The van der Waals surface area contributed by atoms with Gasteiger partial charge in [0.05, 0.1) is 19.5 Å². The van der Waals surface area contributed by atoms with Crippen molar-refractivity contribution in [2.45, 2.75) is 46.3 Å². The number of hydrogen-bond acceptors (Lipinski definition) is 4. The first-order chi connectivity index (χ1) is 8.56. The molecule has 0 aromatic carbocycles. The lowest BCUT2D eigenvalue weighted by Gasteiger charge is -2.17. The molecule has 0 N–H and O–H groups in total. The van der Waals surface area contributed by atoms with Gasteiger partial charge in [-0.05, 0) is 18.8 Å². The Morgan fingerprint density at radius 1 is 1.50 bits per heavy atom. The summed E-state index contributed by atoms with van der Waals surface area (Å²) in [6.07, 6.45) is 4.51. The van der Waals surface area contributed by atoms with Crippen LogP contribution in [0.4, 0.5) is 0 Å². The summed E-state index contributed by atoms with van der Waals surface area (Å²) in [5, 5.41) is 4.16. The Morgan fingerprint density at radius 3 is 2.78 bits per heavy atom. The fraction of sp³-hybridized carbons (Fsp3) is 0.692. The summed E-state index contributed by atoms with van der Waals surface area (Å²) >= 11 is 0. The van der Waals surface area contributed by atoms with Crippen molar-refractivity contribution in [2.24, 2.45) is 5.92 Å². The Labute approximate surface area is 108 Å². The van der Waals surface area contributed by atoms with Crippen LogP contribution in [0.5, 0.6) is 5.75 Å². The molecular weight excluding hydrogens is 232 g/mol. The molecule has 0 aliphatic carbocycles. The van der Waals surface area contributed by atoms with Gasteiger partial charge in [0.25, 0.3) is 0 Å². The molecule has 0 saturated heterocycles. The molecule has 0 bridgehead atoms. The van der Waals surface area contributed by atoms with E-state index in [9.17, 15) is 4.79 Å². The van der Waals surface area contributed by atoms with Gasteiger partial charge >= 0.3 is 5.97 Å². The van der Waals surface area contributed by atoms with Crippen LogP contribution in [0.15, 0.2) is 12.4 Å². The van der Waals surface area contributed by atoms with E-state index in [4.69, 9.17) is 9.47 Å². The van der Waals surface area contributed by atoms with Crippen LogP contribution in [0.2, 0.25) is 0 Å². The molecule has 0 aliphatic rings. The SMILES string of the molecule is CCCn1cc(O[C@H](CC(C)C)C(=O)OC)cn1. The van der Waals surface area contributed by atoms with Crippen LogP contribution >= 0.6 is 0 Å². The Morgan fingerprint density at radius 2 is 2.22 bits per heavy atom. The first-order valence-electron chi connectivity index (χ1n) is 6.33. The molecule has 1 atom stereocenters. The van der Waals surface area contributed by atoms with E-state index in [2.05, 4.69) is 12.0 Å². The third-order valence-corrected chi connectivity index (χ3v) is 2.49. The standard InChI is InChI=1S/C13H22N2O3/c1-5-6-15-9-11(8-14-15)18-12(7-10(2)3)13(16)17-4/h8-10,12H,5-7H2,1-4H3/t12-/m1/s1. The topological polar surface area (TPSA) is 53.4 Å². The summed E-state index contributed by atoms with van der Waals surface area (Å²) in [4.78, 5) is 11.6. The number of carbonyl (C=O) groups is 1. The van der Waals surface area contributed by atoms with Crippen LogP contribution in [-0.4, -0.2) is 29.0 Å². The van der Waals surface area contributed by atoms with E-state index < -0.39 is 6.10 Å². The van der Waals surface area contributed by atoms with Crippen LogP contribution < -0.4 is 4.74 Å². The van der Waals surface area contributed by atoms with Gasteiger partial charge in [0, 0.05) is 6.54 Å². The molecule has 0 amide bonds. The Bertz CT molecular complexity index is 374. The first-order valence-corrected chi connectivity index (χ1v) is 6.33. The van der Waals surface area contributed by atoms with Gasteiger partial charge in [-0.15, -0.1) is 0 Å². The molecule has 0 radical (unpaired) electrons. The molecule has 0 fully saturated rings. The molecule has 1 aromatic rings. The predicted octanol–water partition coefficient (Wildman–Crippen LogP) is 2.26. The van der Waals surface area contributed by atoms with Crippen molar-refractivity contribution in [3.63, 3.8) is 0 Å². The fourth-order valence-electron chi connectivity index (χ4n) is 1.67. The minimum Gasteiger partial charge on any atom is -0.475 e. The number of esters is 1. The number of carbonyl (C=O) groups excluding carboxylic acids is 1. The van der Waals surface area contributed by atoms with Gasteiger partial charge in [0.15, 0.2) is 11.9 Å². The van der Waals surface area contributed by atoms with Gasteiger partial charge in [-0.25, -0.2) is 4.79 Å². The summed E-state index contributed by atoms with van der Waals surface area (Å²) in [7, 11) is 1.37. The van der Waals surface area contributed by atoms with E-state index in [1.165, 1.54) is 7.11 Å². The highest BCUT2D eigenvalue weighted by Crippen LogP contribution is 2.16. The number of aryl methyl sites for hydroxylation is 1. The van der Waals surface area contributed by atoms with Crippen LogP contribution in [-0.2, 0) is 16.1 Å². The number of hydrogen-bond donors (Lipinski definition) is 0. The lowest BCUT2D eigenvalue weighted by atomic mass is 10.1. The Hall–Kier alpha value is -1.52. The largest absolute Gasteiger partial charge is 0.475 e. The number of aromatic nitrogens is 2. The van der Waals surface area contributed by atoms with Crippen LogP contribution in [0.3, 0.4) is 0 Å². The zero-order valence-electron chi connectivity index (χ0n) is 11.5. The average molecular weight is 254 g/mol. The Kier molecular flexibility index (Phi) is 5.68. The van der Waals surface area contributed by atoms with Crippen molar-refractivity contribution in [1.29, 1.82) is 0 Å². The molecule has 1 rings (SSSR count). The molecular formula is C13H22N2O3. The highest BCUT2D eigenvalue weighted by atomic mass is 16.6. The second-order valence-electron chi connectivity index (χ2n) is 4.70. The first kappa shape index (κ1) is 14.5. The monoisotopic (exact) mass is 254 g/mol. The fourth-order valence-corrected chi connectivity index (χ4v) is 1.67. The van der Waals surface area contributed by atoms with Gasteiger partial charge in [0.1, 0.15) is 0 Å². The third-order valence-electron chi connectivity index (χ3n) is 2.49. The highest BCUT2D eigenvalue weighted by molar-refractivity contribution is 5.74. The van der Waals surface area contributed by atoms with Crippen molar-refractivity contribution < 1.29 is 14.3 Å². The van der Waals surface area contributed by atoms with E-state index in [0.717, 1.165) is 13.0 Å². The third kappa shape index (κ3) is 4.39. The molecule has 5 nitrogen and oxygen atoms in total. The maximum absolute atomic E-state index is 11.6. The maximum atomic E-state index is 11.6. The number of ether oxygens (including phenoxy) is 2. The van der Waals surface area contributed by atoms with Crippen LogP contribution in [0.1, 0.15) is 33.6 Å². The zero-order valence-corrected chi connectivity index (χ0v) is 11.5. The molecule has 5 heteroatoms. The molecule has 18 heavy (non-hydrogen) atoms. The summed E-state index contributed by atoms with van der Waals surface area (Å²) in [5.41, 5.74) is 0.